The number of piperidine rings is 1. The average Bonchev–Trinajstić information content (AvgIpc) is 3.32. The molecule has 3 heterocycles. The van der Waals surface area contributed by atoms with Gasteiger partial charge in [0.15, 0.2) is 5.65 Å². The Hall–Kier alpha value is -3.73. The van der Waals surface area contributed by atoms with Gasteiger partial charge in [-0.2, -0.15) is 5.26 Å². The van der Waals surface area contributed by atoms with Crippen molar-refractivity contribution < 1.29 is 4.79 Å². The molecule has 0 bridgehead atoms. The lowest BCUT2D eigenvalue weighted by Gasteiger charge is -2.38. The van der Waals surface area contributed by atoms with Crippen molar-refractivity contribution in [2.75, 3.05) is 13.1 Å². The molecule has 0 aliphatic carbocycles. The molecule has 1 aliphatic rings. The van der Waals surface area contributed by atoms with Gasteiger partial charge in [0.2, 0.25) is 0 Å². The third-order valence-corrected chi connectivity index (χ3v) is 6.97. The van der Waals surface area contributed by atoms with Crippen LogP contribution in [0.25, 0.3) is 28.2 Å². The Morgan fingerprint density at radius 1 is 1.03 bits per heavy atom. The van der Waals surface area contributed by atoms with Gasteiger partial charge in [0.25, 0.3) is 5.91 Å². The number of hydrogen-bond acceptors (Lipinski definition) is 5. The quantitative estimate of drug-likeness (QED) is 0.438. The molecule has 1 saturated heterocycles. The van der Waals surface area contributed by atoms with Crippen LogP contribution in [0, 0.1) is 11.3 Å². The van der Waals surface area contributed by atoms with E-state index >= 15 is 0 Å². The highest BCUT2D eigenvalue weighted by atomic mass is 35.5. The Bertz CT molecular complexity index is 1380. The summed E-state index contributed by atoms with van der Waals surface area (Å²) in [4.78, 5) is 26.7. The highest BCUT2D eigenvalue weighted by Crippen LogP contribution is 2.26. The zero-order chi connectivity index (χ0) is 23.7. The molecule has 1 fully saturated rings. The number of hydrogen-bond donors (Lipinski definition) is 1. The van der Waals surface area contributed by atoms with E-state index < -0.39 is 0 Å². The third kappa shape index (κ3) is 4.14. The van der Waals surface area contributed by atoms with E-state index in [1.165, 1.54) is 0 Å². The molecule has 2 aromatic heterocycles. The maximum absolute atomic E-state index is 13.0. The van der Waals surface area contributed by atoms with Crippen molar-refractivity contribution >= 4 is 23.3 Å². The maximum atomic E-state index is 13.0. The molecule has 0 atom stereocenters. The summed E-state index contributed by atoms with van der Waals surface area (Å²) < 4.78 is 1.98. The monoisotopic (exact) mass is 470 g/mol. The van der Waals surface area contributed by atoms with E-state index in [1.807, 2.05) is 51.9 Å². The second-order valence-corrected chi connectivity index (χ2v) is 9.05. The third-order valence-electron chi connectivity index (χ3n) is 6.52. The first-order valence-corrected chi connectivity index (χ1v) is 11.5. The van der Waals surface area contributed by atoms with E-state index in [0.29, 0.717) is 24.2 Å². The zero-order valence-corrected chi connectivity index (χ0v) is 19.5. The summed E-state index contributed by atoms with van der Waals surface area (Å²) in [6, 6.07) is 17.1. The molecule has 4 aromatic rings. The molecule has 1 N–H and O–H groups in total. The lowest BCUT2D eigenvalue weighted by molar-refractivity contribution is 0.0672. The van der Waals surface area contributed by atoms with Crippen molar-refractivity contribution in [1.29, 1.82) is 5.26 Å². The van der Waals surface area contributed by atoms with Crippen LogP contribution in [-0.4, -0.2) is 43.8 Å². The lowest BCUT2D eigenvalue weighted by Crippen LogP contribution is -2.49. The Morgan fingerprint density at radius 2 is 1.71 bits per heavy atom. The van der Waals surface area contributed by atoms with Crippen LogP contribution in [-0.2, 0) is 0 Å². The number of amides is 1. The van der Waals surface area contributed by atoms with Gasteiger partial charge in [-0.25, -0.2) is 9.82 Å². The van der Waals surface area contributed by atoms with Gasteiger partial charge in [-0.1, -0.05) is 24.3 Å². The molecular formula is C26H23ClN6O. The number of benzene rings is 2. The van der Waals surface area contributed by atoms with Gasteiger partial charge in [-0.3, -0.25) is 14.2 Å². The van der Waals surface area contributed by atoms with Gasteiger partial charge in [-0.15, -0.1) is 0 Å². The Balaban J connectivity index is 1.38. The number of halogens is 1. The van der Waals surface area contributed by atoms with Gasteiger partial charge in [0, 0.05) is 41.5 Å². The van der Waals surface area contributed by atoms with Gasteiger partial charge in [0.05, 0.1) is 35.4 Å². The summed E-state index contributed by atoms with van der Waals surface area (Å²) in [7, 11) is 0. The zero-order valence-electron chi connectivity index (χ0n) is 18.7. The number of imidazole rings is 1. The molecule has 0 radical (unpaired) electrons. The SMILES string of the molecule is CC1(NCl)CCN(C(=O)c2ccc(-c3cn4c(-c5ccc(C#N)cc5)cnc4cn3)cc2)CC1. The van der Waals surface area contributed by atoms with E-state index in [0.717, 1.165) is 41.0 Å². The molecule has 0 saturated carbocycles. The Labute approximate surface area is 202 Å². The van der Waals surface area contributed by atoms with Crippen LogP contribution >= 0.6 is 11.8 Å². The molecule has 34 heavy (non-hydrogen) atoms. The minimum Gasteiger partial charge on any atom is -0.339 e. The van der Waals surface area contributed by atoms with Crippen LogP contribution in [0.5, 0.6) is 0 Å². The molecule has 8 heteroatoms. The number of nitrogens with zero attached hydrogens (tertiary/aromatic N) is 5. The first-order chi connectivity index (χ1) is 16.5. The van der Waals surface area contributed by atoms with E-state index in [4.69, 9.17) is 17.0 Å². The van der Waals surface area contributed by atoms with Crippen LogP contribution in [0.2, 0.25) is 0 Å². The molecule has 5 rings (SSSR count). The van der Waals surface area contributed by atoms with Crippen LogP contribution in [0.1, 0.15) is 35.7 Å². The van der Waals surface area contributed by atoms with Crippen molar-refractivity contribution in [2.45, 2.75) is 25.3 Å². The fourth-order valence-corrected chi connectivity index (χ4v) is 4.42. The molecule has 0 spiro atoms. The number of nitriles is 1. The number of aromatic nitrogens is 3. The van der Waals surface area contributed by atoms with Gasteiger partial charge in [-0.05, 0) is 55.8 Å². The topological polar surface area (TPSA) is 86.3 Å². The second kappa shape index (κ2) is 8.90. The van der Waals surface area contributed by atoms with E-state index in [9.17, 15) is 4.79 Å². The van der Waals surface area contributed by atoms with Gasteiger partial charge < -0.3 is 4.90 Å². The lowest BCUT2D eigenvalue weighted by atomic mass is 9.90. The molecule has 7 nitrogen and oxygen atoms in total. The summed E-state index contributed by atoms with van der Waals surface area (Å²) in [5.74, 6) is 0.0318. The summed E-state index contributed by atoms with van der Waals surface area (Å²) in [5.41, 5.74) is 5.45. The molecule has 0 unspecified atom stereocenters. The van der Waals surface area contributed by atoms with E-state index in [2.05, 4.69) is 27.8 Å². The Morgan fingerprint density at radius 3 is 2.35 bits per heavy atom. The van der Waals surface area contributed by atoms with Gasteiger partial charge in [0.1, 0.15) is 0 Å². The van der Waals surface area contributed by atoms with Crippen LogP contribution in [0.15, 0.2) is 67.1 Å². The van der Waals surface area contributed by atoms with Crippen molar-refractivity contribution in [2.24, 2.45) is 0 Å². The number of nitrogens with one attached hydrogen (secondary N) is 1. The molecule has 170 valence electrons. The first-order valence-electron chi connectivity index (χ1n) is 11.1. The summed E-state index contributed by atoms with van der Waals surface area (Å²) >= 11 is 5.85. The fraction of sp³-hybridized carbons (Fsp3) is 0.231. The fourth-order valence-electron chi connectivity index (χ4n) is 4.23. The largest absolute Gasteiger partial charge is 0.339 e. The predicted octanol–water partition coefficient (Wildman–Crippen LogP) is 4.67. The number of likely N-dealkylation sites (tertiary alicyclic amines) is 1. The van der Waals surface area contributed by atoms with Crippen molar-refractivity contribution in [3.8, 4) is 28.6 Å². The normalized spacial score (nSPS) is 15.3. The van der Waals surface area contributed by atoms with Gasteiger partial charge >= 0.3 is 0 Å². The minimum absolute atomic E-state index is 0.0318. The van der Waals surface area contributed by atoms with Crippen LogP contribution in [0.4, 0.5) is 0 Å². The van der Waals surface area contributed by atoms with Crippen LogP contribution < -0.4 is 4.84 Å². The molecule has 1 amide bonds. The Kier molecular flexibility index (Phi) is 5.78. The first kappa shape index (κ1) is 22.1. The highest BCUT2D eigenvalue weighted by molar-refractivity contribution is 6.13. The minimum atomic E-state index is -0.129. The maximum Gasteiger partial charge on any atom is 0.253 e. The second-order valence-electron chi connectivity index (χ2n) is 8.86. The number of carbonyl (C=O) groups excluding carboxylic acids is 1. The number of fused-ring (bicyclic) bond motifs is 1. The van der Waals surface area contributed by atoms with Crippen molar-refractivity contribution in [3.63, 3.8) is 0 Å². The average molecular weight is 471 g/mol. The van der Waals surface area contributed by atoms with E-state index in [-0.39, 0.29) is 11.4 Å². The number of carbonyl (C=O) groups is 1. The molecule has 1 aliphatic heterocycles. The summed E-state index contributed by atoms with van der Waals surface area (Å²) in [5, 5.41) is 9.05. The number of rotatable bonds is 4. The van der Waals surface area contributed by atoms with Crippen molar-refractivity contribution in [3.05, 3.63) is 78.2 Å². The molecule has 2 aromatic carbocycles. The summed E-state index contributed by atoms with van der Waals surface area (Å²) in [6.07, 6.45) is 7.11. The van der Waals surface area contributed by atoms with Crippen LogP contribution in [0.3, 0.4) is 0 Å². The van der Waals surface area contributed by atoms with E-state index in [1.54, 1.807) is 24.5 Å². The highest BCUT2D eigenvalue weighted by Gasteiger charge is 2.31. The smallest absolute Gasteiger partial charge is 0.253 e. The molecular weight excluding hydrogens is 448 g/mol. The predicted molar refractivity (Wildman–Crippen MR) is 131 cm³/mol. The van der Waals surface area contributed by atoms with Crippen molar-refractivity contribution in [1.82, 2.24) is 24.1 Å². The summed E-state index contributed by atoms with van der Waals surface area (Å²) in [6.45, 7) is 3.43. The standard InChI is InChI=1S/C26H23ClN6O/c1-26(31-27)10-12-32(13-11-26)25(34)21-8-6-19(7-9-21)22-17-33-23(15-30-24(33)16-29-22)20-4-2-18(14-28)3-5-20/h2-9,15-17,31H,10-13H2,1H3.